The van der Waals surface area contributed by atoms with Crippen LogP contribution in [0.4, 0.5) is 17.6 Å². The quantitative estimate of drug-likeness (QED) is 0.328. The van der Waals surface area contributed by atoms with E-state index in [1.54, 1.807) is 0 Å². The third-order valence-corrected chi connectivity index (χ3v) is 5.61. The highest BCUT2D eigenvalue weighted by Gasteiger charge is 2.35. The molecule has 0 bridgehead atoms. The molecule has 0 saturated heterocycles. The Morgan fingerprint density at radius 2 is 1.52 bits per heavy atom. The van der Waals surface area contributed by atoms with Gasteiger partial charge in [-0.05, 0) is 67.6 Å². The molecule has 0 aliphatic carbocycles. The van der Waals surface area contributed by atoms with Crippen molar-refractivity contribution in [2.45, 2.75) is 65.8 Å². The maximum atomic E-state index is 13.7. The van der Waals surface area contributed by atoms with Crippen molar-refractivity contribution in [3.63, 3.8) is 0 Å². The lowest BCUT2D eigenvalue weighted by atomic mass is 9.97. The fraction of sp³-hybridized carbons (Fsp3) is 0.556. The van der Waals surface area contributed by atoms with E-state index in [2.05, 4.69) is 49.6 Å². The molecule has 6 heteroatoms. The number of benzene rings is 2. The van der Waals surface area contributed by atoms with E-state index in [0.717, 1.165) is 31.0 Å². The highest BCUT2D eigenvalue weighted by Crippen LogP contribution is 2.34. The van der Waals surface area contributed by atoms with E-state index in [1.165, 1.54) is 11.6 Å². The zero-order valence-corrected chi connectivity index (χ0v) is 20.7. The van der Waals surface area contributed by atoms with Gasteiger partial charge in [-0.2, -0.15) is 13.2 Å². The molecule has 0 amide bonds. The van der Waals surface area contributed by atoms with Crippen LogP contribution in [0, 0.1) is 17.7 Å². The minimum Gasteiger partial charge on any atom is -0.308 e. The highest BCUT2D eigenvalue weighted by atomic mass is 19.4. The summed E-state index contributed by atoms with van der Waals surface area (Å²) in [6, 6.07) is 11.4. The molecule has 2 aromatic carbocycles. The van der Waals surface area contributed by atoms with Crippen molar-refractivity contribution in [3.05, 3.63) is 70.5 Å². The molecule has 0 saturated carbocycles. The van der Waals surface area contributed by atoms with Crippen molar-refractivity contribution in [2.24, 2.45) is 11.8 Å². The number of alkyl halides is 3. The van der Waals surface area contributed by atoms with Gasteiger partial charge in [-0.15, -0.1) is 0 Å². The smallest absolute Gasteiger partial charge is 0.308 e. The Bertz CT molecular complexity index is 865. The Morgan fingerprint density at radius 3 is 2.09 bits per heavy atom. The molecule has 0 N–H and O–H groups in total. The monoisotopic (exact) mass is 466 g/mol. The normalized spacial score (nSPS) is 13.5. The second-order valence-corrected chi connectivity index (χ2v) is 10.2. The lowest BCUT2D eigenvalue weighted by molar-refractivity contribution is -0.138. The first-order chi connectivity index (χ1) is 15.3. The van der Waals surface area contributed by atoms with Crippen molar-refractivity contribution in [2.75, 3.05) is 20.6 Å². The summed E-state index contributed by atoms with van der Waals surface area (Å²) in [5, 5.41) is 0. The molecule has 2 aromatic rings. The molecule has 0 aromatic heterocycles. The largest absolute Gasteiger partial charge is 0.416 e. The number of halogens is 4. The molecule has 0 unspecified atom stereocenters. The minimum atomic E-state index is -4.60. The molecule has 0 aliphatic heterocycles. The summed E-state index contributed by atoms with van der Waals surface area (Å²) in [5.41, 5.74) is 1.52. The van der Waals surface area contributed by atoms with Gasteiger partial charge in [-0.25, -0.2) is 4.39 Å². The molecule has 2 nitrogen and oxygen atoms in total. The van der Waals surface area contributed by atoms with Gasteiger partial charge in [-0.3, -0.25) is 4.90 Å². The Hall–Kier alpha value is -1.92. The second kappa shape index (κ2) is 12.0. The number of likely N-dealkylation sites (N-methyl/N-ethyl adjacent to an activating group) is 1. The van der Waals surface area contributed by atoms with Crippen LogP contribution in [0.3, 0.4) is 0 Å². The minimum absolute atomic E-state index is 0.0555. The van der Waals surface area contributed by atoms with Crippen LogP contribution in [0.2, 0.25) is 0 Å². The zero-order chi connectivity index (χ0) is 24.8. The lowest BCUT2D eigenvalue weighted by Gasteiger charge is -2.35. The van der Waals surface area contributed by atoms with Gasteiger partial charge in [0.15, 0.2) is 0 Å². The SMILES string of the molecule is CC(C)Cc1cccc(CN(Cc2ccc(F)cc2C(F)(F)F)[C@@H](CC(C)C)CN(C)C)c1. The van der Waals surface area contributed by atoms with Crippen LogP contribution < -0.4 is 0 Å². The summed E-state index contributed by atoms with van der Waals surface area (Å²) in [5.74, 6) is 0.0402. The number of hydrogen-bond acceptors (Lipinski definition) is 2. The van der Waals surface area contributed by atoms with Crippen LogP contribution in [0.25, 0.3) is 0 Å². The van der Waals surface area contributed by atoms with Crippen molar-refractivity contribution in [1.29, 1.82) is 0 Å². The molecule has 1 atom stereocenters. The van der Waals surface area contributed by atoms with Gasteiger partial charge in [0.25, 0.3) is 0 Å². The Balaban J connectivity index is 2.45. The molecule has 0 radical (unpaired) electrons. The van der Waals surface area contributed by atoms with Crippen LogP contribution >= 0.6 is 0 Å². The highest BCUT2D eigenvalue weighted by molar-refractivity contribution is 5.31. The second-order valence-electron chi connectivity index (χ2n) is 10.2. The van der Waals surface area contributed by atoms with Gasteiger partial charge in [0, 0.05) is 25.7 Å². The fourth-order valence-corrected chi connectivity index (χ4v) is 4.35. The predicted octanol–water partition coefficient (Wildman–Crippen LogP) is 7.02. The predicted molar refractivity (Wildman–Crippen MR) is 127 cm³/mol. The molecule has 0 aliphatic rings. The average molecular weight is 467 g/mol. The number of rotatable bonds is 11. The molecule has 0 fully saturated rings. The van der Waals surface area contributed by atoms with E-state index >= 15 is 0 Å². The van der Waals surface area contributed by atoms with Crippen LogP contribution in [0.15, 0.2) is 42.5 Å². The molecule has 0 spiro atoms. The van der Waals surface area contributed by atoms with Crippen LogP contribution in [-0.4, -0.2) is 36.5 Å². The van der Waals surface area contributed by atoms with Gasteiger partial charge < -0.3 is 4.90 Å². The van der Waals surface area contributed by atoms with Crippen LogP contribution in [-0.2, 0) is 25.7 Å². The summed E-state index contributed by atoms with van der Waals surface area (Å²) in [7, 11) is 3.96. The fourth-order valence-electron chi connectivity index (χ4n) is 4.35. The van der Waals surface area contributed by atoms with Crippen molar-refractivity contribution < 1.29 is 17.6 Å². The zero-order valence-electron chi connectivity index (χ0n) is 20.7. The third kappa shape index (κ3) is 9.09. The van der Waals surface area contributed by atoms with Crippen LogP contribution in [0.1, 0.15) is 56.4 Å². The van der Waals surface area contributed by atoms with Crippen molar-refractivity contribution in [1.82, 2.24) is 9.80 Å². The van der Waals surface area contributed by atoms with E-state index in [9.17, 15) is 17.6 Å². The summed E-state index contributed by atoms with van der Waals surface area (Å²) in [6.07, 6.45) is -2.79. The van der Waals surface area contributed by atoms with Crippen molar-refractivity contribution in [3.8, 4) is 0 Å². The van der Waals surface area contributed by atoms with Gasteiger partial charge in [0.2, 0.25) is 0 Å². The third-order valence-electron chi connectivity index (χ3n) is 5.61. The summed E-state index contributed by atoms with van der Waals surface area (Å²) in [4.78, 5) is 4.20. The topological polar surface area (TPSA) is 6.48 Å². The molecule has 33 heavy (non-hydrogen) atoms. The van der Waals surface area contributed by atoms with Gasteiger partial charge >= 0.3 is 6.18 Å². The number of hydrogen-bond donors (Lipinski definition) is 0. The van der Waals surface area contributed by atoms with Gasteiger partial charge in [0.05, 0.1) is 5.56 Å². The van der Waals surface area contributed by atoms with E-state index in [-0.39, 0.29) is 18.2 Å². The first-order valence-electron chi connectivity index (χ1n) is 11.7. The van der Waals surface area contributed by atoms with Crippen molar-refractivity contribution >= 4 is 0 Å². The lowest BCUT2D eigenvalue weighted by Crippen LogP contribution is -2.42. The van der Waals surface area contributed by atoms with E-state index in [4.69, 9.17) is 0 Å². The van der Waals surface area contributed by atoms with E-state index < -0.39 is 17.6 Å². The van der Waals surface area contributed by atoms with Gasteiger partial charge in [0.1, 0.15) is 5.82 Å². The molecular weight excluding hydrogens is 428 g/mol. The Kier molecular flexibility index (Phi) is 9.92. The Morgan fingerprint density at radius 1 is 0.848 bits per heavy atom. The Labute approximate surface area is 196 Å². The summed E-state index contributed by atoms with van der Waals surface area (Å²) in [6.45, 7) is 9.96. The first kappa shape index (κ1) is 27.3. The van der Waals surface area contributed by atoms with E-state index in [0.29, 0.717) is 24.4 Å². The maximum Gasteiger partial charge on any atom is 0.416 e. The maximum absolute atomic E-state index is 13.7. The number of nitrogens with zero attached hydrogens (tertiary/aromatic N) is 2. The molecule has 184 valence electrons. The van der Waals surface area contributed by atoms with E-state index in [1.807, 2.05) is 26.2 Å². The average Bonchev–Trinajstić information content (AvgIpc) is 2.66. The van der Waals surface area contributed by atoms with Crippen LogP contribution in [0.5, 0.6) is 0 Å². The first-order valence-corrected chi connectivity index (χ1v) is 11.7. The molecule has 2 rings (SSSR count). The summed E-state index contributed by atoms with van der Waals surface area (Å²) >= 11 is 0. The molecular formula is C27H38F4N2. The summed E-state index contributed by atoms with van der Waals surface area (Å²) < 4.78 is 54.8. The molecule has 0 heterocycles. The van der Waals surface area contributed by atoms with Gasteiger partial charge in [-0.1, -0.05) is 58.0 Å². The standard InChI is InChI=1S/C27H38F4N2/c1-19(2)12-21-8-7-9-22(14-21)16-33(25(13-20(3)4)18-32(5)6)17-23-10-11-24(28)15-26(23)27(29,30)31/h7-11,14-15,19-20,25H,12-13,16-18H2,1-6H3/t25-/m0/s1.